The fraction of sp³-hybridized carbons (Fsp3) is 0.875. The molecule has 1 atom stereocenters. The first kappa shape index (κ1) is 8.94. The Bertz CT molecular complexity index is 158. The average molecular weight is 171 g/mol. The van der Waals surface area contributed by atoms with Gasteiger partial charge in [0.1, 0.15) is 0 Å². The molecule has 0 saturated heterocycles. The predicted molar refractivity (Wildman–Crippen MR) is 50.3 cm³/mol. The van der Waals surface area contributed by atoms with Crippen molar-refractivity contribution in [1.82, 2.24) is 0 Å². The minimum Gasteiger partial charge on any atom is -0.416 e. The summed E-state index contributed by atoms with van der Waals surface area (Å²) in [7, 11) is -1.84. The summed E-state index contributed by atoms with van der Waals surface area (Å²) in [5.41, 5.74) is 0. The molecule has 0 aliphatic heterocycles. The van der Waals surface area contributed by atoms with Crippen LogP contribution < -0.4 is 0 Å². The number of nitrogens with zero attached hydrogens (tertiary/aromatic N) is 1. The molecule has 1 saturated carbocycles. The molecule has 1 aliphatic rings. The summed E-state index contributed by atoms with van der Waals surface area (Å²) in [5, 5.41) is 0.0192. The highest BCUT2D eigenvalue weighted by Crippen LogP contribution is 2.29. The first-order chi connectivity index (χ1) is 5.00. The van der Waals surface area contributed by atoms with E-state index in [-0.39, 0.29) is 5.04 Å². The van der Waals surface area contributed by atoms with Crippen LogP contribution in [0.25, 0.3) is 0 Å². The van der Waals surface area contributed by atoms with Crippen LogP contribution in [0.15, 0.2) is 4.66 Å². The van der Waals surface area contributed by atoms with Crippen molar-refractivity contribution in [3.8, 4) is 0 Å². The van der Waals surface area contributed by atoms with Gasteiger partial charge in [-0.25, -0.2) is 0 Å². The highest BCUT2D eigenvalue weighted by molar-refractivity contribution is 6.53. The lowest BCUT2D eigenvalue weighted by Gasteiger charge is -2.19. The Hall–Kier alpha value is -0.153. The monoisotopic (exact) mass is 171 g/mol. The Morgan fingerprint density at radius 1 is 1.45 bits per heavy atom. The summed E-state index contributed by atoms with van der Waals surface area (Å²) >= 11 is 0. The van der Waals surface area contributed by atoms with E-state index in [1.54, 1.807) is 0 Å². The maximum Gasteiger partial charge on any atom is 0.305 e. The molecular formula is C8H17NOSi. The Morgan fingerprint density at radius 3 is 2.36 bits per heavy atom. The first-order valence-electron chi connectivity index (χ1n) is 4.21. The minimum absolute atomic E-state index is 0.0192. The van der Waals surface area contributed by atoms with Crippen LogP contribution in [0.1, 0.15) is 33.6 Å². The van der Waals surface area contributed by atoms with E-state index in [1.165, 1.54) is 12.8 Å². The van der Waals surface area contributed by atoms with Gasteiger partial charge < -0.3 is 9.45 Å². The van der Waals surface area contributed by atoms with Crippen LogP contribution in [0, 0.1) is 5.92 Å². The van der Waals surface area contributed by atoms with Crippen molar-refractivity contribution < 1.29 is 4.80 Å². The van der Waals surface area contributed by atoms with Gasteiger partial charge in [0.05, 0.1) is 0 Å². The van der Waals surface area contributed by atoms with Gasteiger partial charge in [0.25, 0.3) is 0 Å². The van der Waals surface area contributed by atoms with Crippen LogP contribution in [0.2, 0.25) is 5.04 Å². The normalized spacial score (nSPS) is 22.5. The molecule has 3 heteroatoms. The zero-order valence-corrected chi connectivity index (χ0v) is 8.70. The average Bonchev–Trinajstić information content (AvgIpc) is 2.62. The number of hydrogen-bond donors (Lipinski definition) is 1. The summed E-state index contributed by atoms with van der Waals surface area (Å²) in [6.45, 7) is 6.15. The summed E-state index contributed by atoms with van der Waals surface area (Å²) in [6, 6.07) is 0. The zero-order valence-electron chi connectivity index (χ0n) is 7.54. The minimum atomic E-state index is -1.84. The molecule has 0 amide bonds. The lowest BCUT2D eigenvalue weighted by molar-refractivity contribution is 0.512. The number of rotatable bonds is 2. The fourth-order valence-corrected chi connectivity index (χ4v) is 1.53. The lowest BCUT2D eigenvalue weighted by atomic mass is 10.3. The Balaban J connectivity index is 2.34. The molecule has 0 heterocycles. The van der Waals surface area contributed by atoms with Gasteiger partial charge in [-0.1, -0.05) is 20.8 Å². The van der Waals surface area contributed by atoms with Gasteiger partial charge in [-0.3, -0.25) is 0 Å². The van der Waals surface area contributed by atoms with Crippen molar-refractivity contribution >= 4 is 15.4 Å². The van der Waals surface area contributed by atoms with Gasteiger partial charge in [-0.2, -0.15) is 0 Å². The van der Waals surface area contributed by atoms with E-state index in [9.17, 15) is 4.80 Å². The van der Waals surface area contributed by atoms with E-state index in [0.717, 1.165) is 0 Å². The van der Waals surface area contributed by atoms with Gasteiger partial charge in [0.2, 0.25) is 0 Å². The van der Waals surface area contributed by atoms with E-state index >= 15 is 0 Å². The van der Waals surface area contributed by atoms with Crippen molar-refractivity contribution in [2.24, 2.45) is 10.6 Å². The second kappa shape index (κ2) is 3.07. The van der Waals surface area contributed by atoms with E-state index in [1.807, 2.05) is 27.0 Å². The van der Waals surface area contributed by atoms with Crippen molar-refractivity contribution in [2.75, 3.05) is 0 Å². The Morgan fingerprint density at radius 2 is 2.00 bits per heavy atom. The van der Waals surface area contributed by atoms with Gasteiger partial charge in [-0.05, 0) is 30.0 Å². The molecule has 1 aliphatic carbocycles. The van der Waals surface area contributed by atoms with Crippen molar-refractivity contribution in [2.45, 2.75) is 38.7 Å². The molecule has 0 aromatic rings. The van der Waals surface area contributed by atoms with E-state index < -0.39 is 9.20 Å². The molecular weight excluding hydrogens is 154 g/mol. The van der Waals surface area contributed by atoms with Crippen LogP contribution in [0.5, 0.6) is 0 Å². The molecule has 0 radical (unpaired) electrons. The van der Waals surface area contributed by atoms with E-state index in [4.69, 9.17) is 0 Å². The summed E-state index contributed by atoms with van der Waals surface area (Å²) in [6.07, 6.45) is 4.51. The first-order valence-corrected chi connectivity index (χ1v) is 5.82. The van der Waals surface area contributed by atoms with Crippen LogP contribution in [0.3, 0.4) is 0 Å². The SMILES string of the molecule is CC(C)(C)[SiH](O)/N=C/C1CC1. The van der Waals surface area contributed by atoms with Crippen LogP contribution >= 0.6 is 0 Å². The van der Waals surface area contributed by atoms with E-state index in [2.05, 4.69) is 4.66 Å². The molecule has 1 unspecified atom stereocenters. The highest BCUT2D eigenvalue weighted by Gasteiger charge is 2.25. The predicted octanol–water partition coefficient (Wildman–Crippen LogP) is 1.48. The van der Waals surface area contributed by atoms with Gasteiger partial charge in [-0.15, -0.1) is 0 Å². The molecule has 11 heavy (non-hydrogen) atoms. The maximum absolute atomic E-state index is 9.60. The maximum atomic E-state index is 9.60. The van der Waals surface area contributed by atoms with Crippen LogP contribution in [0.4, 0.5) is 0 Å². The molecule has 0 aromatic heterocycles. The molecule has 1 fully saturated rings. The van der Waals surface area contributed by atoms with Crippen molar-refractivity contribution in [3.63, 3.8) is 0 Å². The molecule has 0 aromatic carbocycles. The highest BCUT2D eigenvalue weighted by atomic mass is 28.3. The Kier molecular flexibility index (Phi) is 2.49. The second-order valence-electron chi connectivity index (χ2n) is 4.38. The summed E-state index contributed by atoms with van der Waals surface area (Å²) in [5.74, 6) is 0.694. The van der Waals surface area contributed by atoms with Gasteiger partial charge >= 0.3 is 9.20 Å². The molecule has 2 nitrogen and oxygen atoms in total. The van der Waals surface area contributed by atoms with Crippen molar-refractivity contribution in [1.29, 1.82) is 0 Å². The topological polar surface area (TPSA) is 32.6 Å². The fourth-order valence-electron chi connectivity index (χ4n) is 0.672. The third-order valence-electron chi connectivity index (χ3n) is 1.83. The number of hydrogen-bond acceptors (Lipinski definition) is 2. The smallest absolute Gasteiger partial charge is 0.305 e. The standard InChI is InChI=1S/C8H17NOSi/c1-8(2,3)11(10)9-6-7-4-5-7/h6-7,10-11H,4-5H2,1-3H3/b9-6+. The molecule has 1 rings (SSSR count). The van der Waals surface area contributed by atoms with Gasteiger partial charge in [0.15, 0.2) is 0 Å². The molecule has 1 N–H and O–H groups in total. The quantitative estimate of drug-likeness (QED) is 0.495. The summed E-state index contributed by atoms with van der Waals surface area (Å²) < 4.78 is 4.23. The Labute approximate surface area is 70.2 Å². The summed E-state index contributed by atoms with van der Waals surface area (Å²) in [4.78, 5) is 9.60. The molecule has 0 spiro atoms. The van der Waals surface area contributed by atoms with Crippen LogP contribution in [-0.2, 0) is 0 Å². The van der Waals surface area contributed by atoms with Gasteiger partial charge in [0, 0.05) is 0 Å². The molecule has 0 bridgehead atoms. The van der Waals surface area contributed by atoms with Crippen molar-refractivity contribution in [3.05, 3.63) is 0 Å². The van der Waals surface area contributed by atoms with E-state index in [0.29, 0.717) is 5.92 Å². The second-order valence-corrected chi connectivity index (χ2v) is 7.15. The largest absolute Gasteiger partial charge is 0.416 e. The lowest BCUT2D eigenvalue weighted by Crippen LogP contribution is -2.23. The molecule has 64 valence electrons. The third kappa shape index (κ3) is 3.16. The zero-order chi connectivity index (χ0) is 8.48. The third-order valence-corrected chi connectivity index (χ3v) is 3.84. The van der Waals surface area contributed by atoms with Crippen LogP contribution in [-0.4, -0.2) is 20.2 Å².